The molecule has 7 heteroatoms. The van der Waals surface area contributed by atoms with Crippen LogP contribution in [0.5, 0.6) is 5.75 Å². The fraction of sp³-hybridized carbons (Fsp3) is 0.176. The molecule has 2 N–H and O–H groups in total. The van der Waals surface area contributed by atoms with E-state index in [-0.39, 0.29) is 0 Å². The number of rotatable bonds is 7. The van der Waals surface area contributed by atoms with E-state index in [0.717, 1.165) is 0 Å². The van der Waals surface area contributed by atoms with E-state index in [1.165, 1.54) is 14.2 Å². The Balaban J connectivity index is 2.30. The van der Waals surface area contributed by atoms with Gasteiger partial charge in [0.15, 0.2) is 0 Å². The molecule has 0 aliphatic heterocycles. The Morgan fingerprint density at radius 2 is 1.50 bits per heavy atom. The Morgan fingerprint density at radius 3 is 2.04 bits per heavy atom. The number of hydroxylamine groups is 1. The van der Waals surface area contributed by atoms with Gasteiger partial charge in [0, 0.05) is 12.7 Å². The van der Waals surface area contributed by atoms with Gasteiger partial charge in [0.05, 0.1) is 7.11 Å². The molecule has 2 aromatic rings. The van der Waals surface area contributed by atoms with Crippen molar-refractivity contribution in [3.05, 3.63) is 66.2 Å². The number of nitrogens with one attached hydrogen (secondary N) is 2. The van der Waals surface area contributed by atoms with Gasteiger partial charge in [-0.05, 0) is 24.3 Å². The fourth-order valence-corrected chi connectivity index (χ4v) is 1.94. The molecule has 1 atom stereocenters. The van der Waals surface area contributed by atoms with Gasteiger partial charge in [-0.3, -0.25) is 19.7 Å². The van der Waals surface area contributed by atoms with E-state index >= 15 is 0 Å². The lowest BCUT2D eigenvalue weighted by Crippen LogP contribution is -2.63. The minimum atomic E-state index is -2.09. The minimum Gasteiger partial charge on any atom is -0.437 e. The van der Waals surface area contributed by atoms with E-state index < -0.39 is 17.7 Å². The molecule has 2 aromatic carbocycles. The molecule has 24 heavy (non-hydrogen) atoms. The van der Waals surface area contributed by atoms with Crippen molar-refractivity contribution in [1.82, 2.24) is 10.8 Å². The van der Waals surface area contributed by atoms with Crippen LogP contribution in [0.3, 0.4) is 0 Å². The van der Waals surface area contributed by atoms with E-state index in [9.17, 15) is 9.59 Å². The normalized spacial score (nSPS) is 12.8. The van der Waals surface area contributed by atoms with Crippen molar-refractivity contribution in [3.8, 4) is 5.75 Å². The van der Waals surface area contributed by atoms with Crippen molar-refractivity contribution in [2.45, 2.75) is 5.91 Å². The number of hydrogen-bond acceptors (Lipinski definition) is 5. The third-order valence-corrected chi connectivity index (χ3v) is 3.10. The Kier molecular flexibility index (Phi) is 5.89. The number of methoxy groups -OCH3 is 1. The first-order chi connectivity index (χ1) is 11.6. The first-order valence-electron chi connectivity index (χ1n) is 7.11. The van der Waals surface area contributed by atoms with E-state index in [0.29, 0.717) is 11.3 Å². The number of carbonyl (C=O) groups excluding carboxylic acids is 2. The molecule has 0 aromatic heterocycles. The second kappa shape index (κ2) is 8.09. The highest BCUT2D eigenvalue weighted by Crippen LogP contribution is 2.18. The summed E-state index contributed by atoms with van der Waals surface area (Å²) in [6.45, 7) is 0. The lowest BCUT2D eigenvalue weighted by atomic mass is 10.2. The van der Waals surface area contributed by atoms with Gasteiger partial charge in [0.25, 0.3) is 5.91 Å². The third-order valence-electron chi connectivity index (χ3n) is 3.10. The van der Waals surface area contributed by atoms with Crippen LogP contribution in [0.4, 0.5) is 0 Å². The van der Waals surface area contributed by atoms with E-state index in [1.807, 2.05) is 0 Å². The first-order valence-corrected chi connectivity index (χ1v) is 7.11. The molecule has 0 spiro atoms. The largest absolute Gasteiger partial charge is 0.437 e. The van der Waals surface area contributed by atoms with Crippen molar-refractivity contribution in [1.29, 1.82) is 0 Å². The van der Waals surface area contributed by atoms with Crippen LogP contribution in [-0.2, 0) is 14.4 Å². The summed E-state index contributed by atoms with van der Waals surface area (Å²) in [6.07, 6.45) is 0. The van der Waals surface area contributed by atoms with Crippen LogP contribution < -0.4 is 15.5 Å². The highest BCUT2D eigenvalue weighted by molar-refractivity contribution is 5.98. The summed E-state index contributed by atoms with van der Waals surface area (Å²) < 4.78 is 10.8. The van der Waals surface area contributed by atoms with Crippen LogP contribution in [0, 0.1) is 0 Å². The molecular formula is C17H18N2O5. The zero-order valence-corrected chi connectivity index (χ0v) is 13.3. The summed E-state index contributed by atoms with van der Waals surface area (Å²) in [5.74, 6) is -3.12. The smallest absolute Gasteiger partial charge is 0.381 e. The average Bonchev–Trinajstić information content (AvgIpc) is 2.62. The molecule has 0 aliphatic carbocycles. The summed E-state index contributed by atoms with van der Waals surface area (Å²) in [6, 6.07) is 16.9. The number of hydrogen-bond donors (Lipinski definition) is 2. The molecule has 0 saturated carbocycles. The monoisotopic (exact) mass is 330 g/mol. The predicted molar refractivity (Wildman–Crippen MR) is 85.9 cm³/mol. The highest BCUT2D eigenvalue weighted by atomic mass is 16.7. The summed E-state index contributed by atoms with van der Waals surface area (Å²) in [5, 5.41) is 2.45. The lowest BCUT2D eigenvalue weighted by molar-refractivity contribution is -0.202. The molecule has 126 valence electrons. The topological polar surface area (TPSA) is 85.9 Å². The molecule has 2 rings (SSSR count). The van der Waals surface area contributed by atoms with Gasteiger partial charge < -0.3 is 9.47 Å². The maximum absolute atomic E-state index is 12.4. The van der Waals surface area contributed by atoms with Crippen LogP contribution in [0.2, 0.25) is 0 Å². The average molecular weight is 330 g/mol. The van der Waals surface area contributed by atoms with E-state index in [2.05, 4.69) is 15.6 Å². The van der Waals surface area contributed by atoms with Crippen molar-refractivity contribution < 1.29 is 23.9 Å². The van der Waals surface area contributed by atoms with Gasteiger partial charge in [-0.25, -0.2) is 5.48 Å². The third kappa shape index (κ3) is 4.09. The van der Waals surface area contributed by atoms with E-state index in [1.54, 1.807) is 60.7 Å². The van der Waals surface area contributed by atoms with E-state index in [4.69, 9.17) is 9.47 Å². The zero-order chi connectivity index (χ0) is 17.4. The van der Waals surface area contributed by atoms with Gasteiger partial charge in [-0.2, -0.15) is 0 Å². The number of carbonyl (C=O) groups is 2. The Morgan fingerprint density at radius 1 is 0.917 bits per heavy atom. The molecule has 0 radical (unpaired) electrons. The van der Waals surface area contributed by atoms with Crippen molar-refractivity contribution >= 4 is 11.8 Å². The van der Waals surface area contributed by atoms with Crippen LogP contribution in [-0.4, -0.2) is 31.9 Å². The van der Waals surface area contributed by atoms with Crippen molar-refractivity contribution in [2.75, 3.05) is 14.2 Å². The standard InChI is InChI=1S/C17H18N2O5/c1-22-17(16(21)19-23-2,24-14-11-7-4-8-12-14)18-15(20)13-9-5-3-6-10-13/h3-12H,1-2H3,(H,18,20)(H,19,21). The predicted octanol–water partition coefficient (Wildman–Crippen LogP) is 1.47. The molecule has 2 amide bonds. The Labute approximate surface area is 139 Å². The summed E-state index contributed by atoms with van der Waals surface area (Å²) in [5.41, 5.74) is 2.46. The first kappa shape index (κ1) is 17.5. The number of para-hydroxylation sites is 1. The fourth-order valence-electron chi connectivity index (χ4n) is 1.94. The maximum Gasteiger partial charge on any atom is 0.381 e. The molecular weight excluding hydrogens is 312 g/mol. The van der Waals surface area contributed by atoms with Gasteiger partial charge in [0.1, 0.15) is 5.75 Å². The molecule has 0 aliphatic rings. The van der Waals surface area contributed by atoms with Gasteiger partial charge >= 0.3 is 11.8 Å². The maximum atomic E-state index is 12.4. The number of amides is 2. The SMILES string of the molecule is CONC(=O)C(NC(=O)c1ccccc1)(OC)Oc1ccccc1. The van der Waals surface area contributed by atoms with Crippen molar-refractivity contribution in [2.24, 2.45) is 0 Å². The molecule has 0 bridgehead atoms. The highest BCUT2D eigenvalue weighted by Gasteiger charge is 2.44. The molecule has 0 heterocycles. The second-order valence-electron chi connectivity index (χ2n) is 4.69. The number of ether oxygens (including phenoxy) is 2. The molecule has 0 saturated heterocycles. The Bertz CT molecular complexity index is 678. The molecule has 0 fully saturated rings. The zero-order valence-electron chi connectivity index (χ0n) is 13.3. The quantitative estimate of drug-likeness (QED) is 0.593. The van der Waals surface area contributed by atoms with Crippen molar-refractivity contribution in [3.63, 3.8) is 0 Å². The van der Waals surface area contributed by atoms with Gasteiger partial charge in [-0.15, -0.1) is 0 Å². The minimum absolute atomic E-state index is 0.332. The second-order valence-corrected chi connectivity index (χ2v) is 4.69. The number of benzene rings is 2. The van der Waals surface area contributed by atoms with Crippen LogP contribution in [0.15, 0.2) is 60.7 Å². The van der Waals surface area contributed by atoms with Crippen LogP contribution in [0.1, 0.15) is 10.4 Å². The lowest BCUT2D eigenvalue weighted by Gasteiger charge is -2.31. The summed E-state index contributed by atoms with van der Waals surface area (Å²) >= 11 is 0. The van der Waals surface area contributed by atoms with Crippen LogP contribution >= 0.6 is 0 Å². The van der Waals surface area contributed by atoms with Crippen LogP contribution in [0.25, 0.3) is 0 Å². The summed E-state index contributed by atoms with van der Waals surface area (Å²) in [7, 11) is 2.50. The van der Waals surface area contributed by atoms with Gasteiger partial charge in [0.2, 0.25) is 0 Å². The summed E-state index contributed by atoms with van der Waals surface area (Å²) in [4.78, 5) is 29.4. The van der Waals surface area contributed by atoms with Gasteiger partial charge in [-0.1, -0.05) is 36.4 Å². The molecule has 1 unspecified atom stereocenters. The Hall–Kier alpha value is -2.90. The molecule has 7 nitrogen and oxygen atoms in total.